The fraction of sp³-hybridized carbons (Fsp3) is 0.600. The average Bonchev–Trinajstić information content (AvgIpc) is 2.16. The zero-order chi connectivity index (χ0) is 10.1. The van der Waals surface area contributed by atoms with Crippen molar-refractivity contribution >= 4 is 99.8 Å². The standard InChI is InChI=1S/2C2H2IO.CH4N2.2Po/c2*3-1-2-4;2-1-3;;/h2*1H2;2-3H,1H2;;/q;;-2;2*+1. The minimum absolute atomic E-state index is 0.354. The van der Waals surface area contributed by atoms with Crippen molar-refractivity contribution in [3.8, 4) is 0 Å². The number of rotatable bonds is 8. The van der Waals surface area contributed by atoms with E-state index in [2.05, 4.69) is 51.6 Å². The van der Waals surface area contributed by atoms with Crippen LogP contribution in [0.5, 0.6) is 0 Å². The van der Waals surface area contributed by atoms with Crippen LogP contribution in [0.1, 0.15) is 0 Å². The van der Waals surface area contributed by atoms with Gasteiger partial charge in [-0.1, -0.05) is 0 Å². The van der Waals surface area contributed by atoms with E-state index in [4.69, 9.17) is 0 Å². The van der Waals surface area contributed by atoms with Crippen LogP contribution in [0.25, 0.3) is 0 Å². The Kier molecular flexibility index (Phi) is 13.1. The van der Waals surface area contributed by atoms with Crippen LogP contribution in [0.3, 0.4) is 0 Å². The minimum atomic E-state index is -0.992. The zero-order valence-electron chi connectivity index (χ0n) is 6.51. The van der Waals surface area contributed by atoms with Crippen molar-refractivity contribution in [2.45, 2.75) is 0 Å². The molecule has 0 saturated carbocycles. The average molecular weight is 800 g/mol. The van der Waals surface area contributed by atoms with Gasteiger partial charge in [-0.25, -0.2) is 0 Å². The van der Waals surface area contributed by atoms with Gasteiger partial charge in [-0.3, -0.25) is 0 Å². The Morgan fingerprint density at radius 3 is 1.69 bits per heavy atom. The Labute approximate surface area is 129 Å². The summed E-state index contributed by atoms with van der Waals surface area (Å²) in [5, 5.41) is 0. The van der Waals surface area contributed by atoms with Crippen molar-refractivity contribution in [3.63, 3.8) is 0 Å². The Balaban J connectivity index is 3.17. The van der Waals surface area contributed by atoms with Gasteiger partial charge >= 0.3 is 131 Å². The van der Waals surface area contributed by atoms with E-state index in [1.54, 1.807) is 0 Å². The van der Waals surface area contributed by atoms with E-state index in [-0.39, 0.29) is 0 Å². The summed E-state index contributed by atoms with van der Waals surface area (Å²) in [4.78, 5) is 21.8. The van der Waals surface area contributed by atoms with E-state index >= 15 is 0 Å². The molecule has 0 unspecified atom stereocenters. The summed E-state index contributed by atoms with van der Waals surface area (Å²) < 4.78 is 8.14. The van der Waals surface area contributed by atoms with Gasteiger partial charge in [0.15, 0.2) is 0 Å². The first-order chi connectivity index (χ1) is 6.20. The van der Waals surface area contributed by atoms with Crippen molar-refractivity contribution in [2.24, 2.45) is 0 Å². The van der Waals surface area contributed by atoms with E-state index in [9.17, 15) is 9.59 Å². The third-order valence-corrected chi connectivity index (χ3v) is 11.7. The van der Waals surface area contributed by atoms with Crippen molar-refractivity contribution in [3.05, 3.63) is 0 Å². The first-order valence-corrected chi connectivity index (χ1v) is 12.6. The molecule has 0 atom stereocenters. The predicted octanol–water partition coefficient (Wildman–Crippen LogP) is -0.715. The summed E-state index contributed by atoms with van der Waals surface area (Å²) >= 11 is 2.17. The van der Waals surface area contributed by atoms with Crippen molar-refractivity contribution in [2.75, 3.05) is 15.5 Å². The van der Waals surface area contributed by atoms with Crippen LogP contribution in [0.15, 0.2) is 0 Å². The molecule has 0 fully saturated rings. The number of halogens is 2. The molecule has 0 aliphatic rings. The molecule has 0 aromatic heterocycles. The van der Waals surface area contributed by atoms with Crippen LogP contribution in [-0.2, 0) is 9.59 Å². The molecular formula is C5H8I2N2O2Po2. The normalized spacial score (nSPS) is 10.0. The molecule has 0 aromatic rings. The number of alkyl halides is 2. The second-order valence-electron chi connectivity index (χ2n) is 1.68. The molecule has 0 spiro atoms. The summed E-state index contributed by atoms with van der Waals surface area (Å²) in [6.07, 6.45) is 0. The van der Waals surface area contributed by atoms with E-state index in [0.717, 1.165) is 0 Å². The third kappa shape index (κ3) is 10.8. The van der Waals surface area contributed by atoms with Gasteiger partial charge in [-0.15, -0.1) is 0 Å². The number of nitrogens with one attached hydrogen (secondary N) is 2. The predicted molar refractivity (Wildman–Crippen MR) is 70.4 cm³/mol. The summed E-state index contributed by atoms with van der Waals surface area (Å²) in [6, 6.07) is 0. The van der Waals surface area contributed by atoms with Gasteiger partial charge in [0.25, 0.3) is 0 Å². The molecule has 0 aromatic carbocycles. The molecule has 0 aliphatic heterocycles. The monoisotopic (exact) mass is 800 g/mol. The number of carbonyl (C=O) groups is 2. The van der Waals surface area contributed by atoms with E-state index in [1.807, 2.05) is 0 Å². The second-order valence-corrected chi connectivity index (χ2v) is 10.6. The van der Waals surface area contributed by atoms with Gasteiger partial charge in [-0.2, -0.15) is 0 Å². The maximum atomic E-state index is 10.9. The fourth-order valence-corrected chi connectivity index (χ4v) is 7.53. The second kappa shape index (κ2) is 11.0. The van der Waals surface area contributed by atoms with Gasteiger partial charge in [0, 0.05) is 0 Å². The van der Waals surface area contributed by atoms with Gasteiger partial charge in [0.1, 0.15) is 0 Å². The molecule has 2 N–H and O–H groups in total. The molecule has 13 heavy (non-hydrogen) atoms. The van der Waals surface area contributed by atoms with Gasteiger partial charge < -0.3 is 0 Å². The molecule has 0 heterocycles. The summed E-state index contributed by atoms with van der Waals surface area (Å²) in [5.41, 5.74) is 0. The molecule has 0 saturated heterocycles. The molecule has 0 rings (SSSR count). The van der Waals surface area contributed by atoms with E-state index in [0.29, 0.717) is 22.4 Å². The molecule has 8 heteroatoms. The van der Waals surface area contributed by atoms with Crippen LogP contribution in [-0.4, -0.2) is 70.1 Å². The van der Waals surface area contributed by atoms with E-state index in [1.165, 1.54) is 0 Å². The molecule has 0 amide bonds. The van der Waals surface area contributed by atoms with Crippen molar-refractivity contribution in [1.29, 1.82) is 0 Å². The quantitative estimate of drug-likeness (QED) is 0.148. The SMILES string of the molecule is O=[C](CI)[Po][NH]C[NH][Po][C](=O)CI. The van der Waals surface area contributed by atoms with Gasteiger partial charge in [0.05, 0.1) is 0 Å². The maximum absolute atomic E-state index is 10.9. The fourth-order valence-electron chi connectivity index (χ4n) is 0.317. The number of hydrogen-bond donors (Lipinski definition) is 2. The van der Waals surface area contributed by atoms with Crippen LogP contribution >= 0.6 is 45.2 Å². The van der Waals surface area contributed by atoms with Crippen molar-refractivity contribution in [1.82, 2.24) is 6.43 Å². The Hall–Kier alpha value is 2.51. The first-order valence-electron chi connectivity index (χ1n) is 3.17. The first kappa shape index (κ1) is 15.5. The van der Waals surface area contributed by atoms with Gasteiger partial charge in [0.2, 0.25) is 0 Å². The third-order valence-electron chi connectivity index (χ3n) is 0.735. The van der Waals surface area contributed by atoms with Crippen LogP contribution in [0, 0.1) is 0 Å². The topological polar surface area (TPSA) is 58.2 Å². The van der Waals surface area contributed by atoms with Crippen LogP contribution < -0.4 is 6.43 Å². The molecule has 0 aliphatic carbocycles. The molecule has 4 nitrogen and oxygen atoms in total. The van der Waals surface area contributed by atoms with Crippen molar-refractivity contribution < 1.29 is 9.59 Å². The van der Waals surface area contributed by atoms with Crippen LogP contribution in [0.4, 0.5) is 0 Å². The number of carbonyl (C=O) groups excluding carboxylic acids is 2. The summed E-state index contributed by atoms with van der Waals surface area (Å²) in [7, 11) is 0. The van der Waals surface area contributed by atoms with Gasteiger partial charge in [-0.05, 0) is 0 Å². The Bertz CT molecular complexity index is 164. The molecule has 0 bridgehead atoms. The Morgan fingerprint density at radius 2 is 1.38 bits per heavy atom. The van der Waals surface area contributed by atoms with E-state index < -0.39 is 47.7 Å². The molecule has 76 valence electrons. The van der Waals surface area contributed by atoms with Crippen LogP contribution in [0.2, 0.25) is 0 Å². The zero-order valence-corrected chi connectivity index (χ0v) is 17.2. The molecule has 0 radical (unpaired) electrons. The molecular weight excluding hydrogens is 792 g/mol. The summed E-state index contributed by atoms with van der Waals surface area (Å²) in [5.74, 6) is 0. The summed E-state index contributed by atoms with van der Waals surface area (Å²) in [6.45, 7) is 0.653. The Morgan fingerprint density at radius 1 is 1.00 bits per heavy atom. The number of hydrogen-bond acceptors (Lipinski definition) is 4.